The summed E-state index contributed by atoms with van der Waals surface area (Å²) >= 11 is 0. The number of likely N-dealkylation sites (tertiary alicyclic amines) is 1. The Hall–Kier alpha value is -2.21. The van der Waals surface area contributed by atoms with Gasteiger partial charge in [-0.1, -0.05) is 32.0 Å². The van der Waals surface area contributed by atoms with E-state index in [1.54, 1.807) is 11.9 Å². The van der Waals surface area contributed by atoms with Gasteiger partial charge in [0.15, 0.2) is 0 Å². The Kier molecular flexibility index (Phi) is 3.35. The molecule has 0 saturated carbocycles. The third-order valence-corrected chi connectivity index (χ3v) is 6.11. The fraction of sp³-hybridized carbons (Fsp3) is 0.526. The van der Waals surface area contributed by atoms with Crippen LogP contribution in [0.15, 0.2) is 24.3 Å². The van der Waals surface area contributed by atoms with E-state index >= 15 is 0 Å². The molecule has 6 heteroatoms. The molecule has 1 aromatic rings. The van der Waals surface area contributed by atoms with Crippen LogP contribution < -0.4 is 10.2 Å². The van der Waals surface area contributed by atoms with E-state index in [0.29, 0.717) is 5.92 Å². The number of hydrogen-bond donors (Lipinski definition) is 1. The van der Waals surface area contributed by atoms with Gasteiger partial charge >= 0.3 is 0 Å². The molecule has 0 radical (unpaired) electrons. The number of hydrogen-bond acceptors (Lipinski definition) is 3. The normalized spacial score (nSPS) is 33.8. The van der Waals surface area contributed by atoms with Crippen LogP contribution in [0.2, 0.25) is 0 Å². The minimum Gasteiger partial charge on any atom is -0.326 e. The maximum atomic E-state index is 13.3. The van der Waals surface area contributed by atoms with Crippen LogP contribution in [0.4, 0.5) is 5.69 Å². The molecule has 0 aromatic heterocycles. The summed E-state index contributed by atoms with van der Waals surface area (Å²) in [7, 11) is 3.29. The van der Waals surface area contributed by atoms with Gasteiger partial charge in [-0.25, -0.2) is 0 Å². The molecule has 1 spiro atoms. The van der Waals surface area contributed by atoms with Gasteiger partial charge in [0, 0.05) is 26.1 Å². The average Bonchev–Trinajstić information content (AvgIpc) is 3.10. The van der Waals surface area contributed by atoms with Gasteiger partial charge in [0.2, 0.25) is 17.4 Å². The molecule has 6 nitrogen and oxygen atoms in total. The standard InChI is InChI=1S/C19H23N3O3/c1-10(2)9-12-14-15(17(24)22(4)16(14)23)19(20-12)11-7-5-6-8-13(11)21(3)18(19)25/h5-8,10,12,14-15,20H,9H2,1-4H3/p+1/t12-,14-,15-,19-/m0/s1. The van der Waals surface area contributed by atoms with Crippen molar-refractivity contribution in [3.63, 3.8) is 0 Å². The van der Waals surface area contributed by atoms with Gasteiger partial charge in [-0.3, -0.25) is 19.3 Å². The van der Waals surface area contributed by atoms with Crippen molar-refractivity contribution in [3.8, 4) is 0 Å². The predicted octanol–water partition coefficient (Wildman–Crippen LogP) is 0.0810. The fourth-order valence-corrected chi connectivity index (χ4v) is 5.13. The molecular weight excluding hydrogens is 318 g/mol. The van der Waals surface area contributed by atoms with E-state index in [1.165, 1.54) is 11.9 Å². The highest BCUT2D eigenvalue weighted by atomic mass is 16.2. The molecule has 4 atom stereocenters. The Balaban J connectivity index is 1.92. The van der Waals surface area contributed by atoms with Gasteiger partial charge in [-0.05, 0) is 12.0 Å². The zero-order valence-electron chi connectivity index (χ0n) is 15.0. The molecule has 3 aliphatic rings. The van der Waals surface area contributed by atoms with Gasteiger partial charge in [0.25, 0.3) is 5.91 Å². The number of imide groups is 1. The summed E-state index contributed by atoms with van der Waals surface area (Å²) in [6.45, 7) is 4.21. The molecule has 3 aliphatic heterocycles. The Morgan fingerprint density at radius 1 is 1.08 bits per heavy atom. The van der Waals surface area contributed by atoms with Crippen molar-refractivity contribution in [1.82, 2.24) is 4.90 Å². The van der Waals surface area contributed by atoms with Gasteiger partial charge in [-0.2, -0.15) is 0 Å². The molecule has 0 unspecified atom stereocenters. The van der Waals surface area contributed by atoms with Crippen molar-refractivity contribution in [2.75, 3.05) is 19.0 Å². The van der Waals surface area contributed by atoms with Gasteiger partial charge < -0.3 is 10.2 Å². The molecule has 2 N–H and O–H groups in total. The third kappa shape index (κ3) is 1.86. The van der Waals surface area contributed by atoms with Crippen LogP contribution >= 0.6 is 0 Å². The summed E-state index contributed by atoms with van der Waals surface area (Å²) in [6.07, 6.45) is 0.801. The SMILES string of the molecule is CC(C)C[C@@H]1[NH2+][C@]2(C(=O)N(C)c3ccccc32)[C@@H]2C(=O)N(C)C(=O)[C@@H]12. The molecule has 2 saturated heterocycles. The first-order valence-electron chi connectivity index (χ1n) is 8.85. The lowest BCUT2D eigenvalue weighted by molar-refractivity contribution is -0.734. The molecule has 2 fully saturated rings. The van der Waals surface area contributed by atoms with Crippen LogP contribution in [0.25, 0.3) is 0 Å². The van der Waals surface area contributed by atoms with Crippen LogP contribution in [0.5, 0.6) is 0 Å². The van der Waals surface area contributed by atoms with Crippen LogP contribution in [0.3, 0.4) is 0 Å². The van der Waals surface area contributed by atoms with E-state index in [1.807, 2.05) is 29.6 Å². The molecule has 132 valence electrons. The quantitative estimate of drug-likeness (QED) is 0.774. The summed E-state index contributed by atoms with van der Waals surface area (Å²) in [4.78, 5) is 42.0. The number of amides is 3. The number of para-hydroxylation sites is 1. The number of anilines is 1. The smallest absolute Gasteiger partial charge is 0.293 e. The number of quaternary nitrogens is 1. The van der Waals surface area contributed by atoms with Gasteiger partial charge in [0.1, 0.15) is 17.9 Å². The van der Waals surface area contributed by atoms with Crippen molar-refractivity contribution in [2.24, 2.45) is 17.8 Å². The third-order valence-electron chi connectivity index (χ3n) is 6.11. The summed E-state index contributed by atoms with van der Waals surface area (Å²) < 4.78 is 0. The minimum absolute atomic E-state index is 0.0603. The molecular formula is C19H24N3O3+. The average molecular weight is 342 g/mol. The second-order valence-electron chi connectivity index (χ2n) is 7.95. The summed E-state index contributed by atoms with van der Waals surface area (Å²) in [5.41, 5.74) is 0.690. The number of nitrogens with zero attached hydrogens (tertiary/aromatic N) is 2. The number of fused-ring (bicyclic) bond motifs is 4. The lowest BCUT2D eigenvalue weighted by Gasteiger charge is -2.26. The first kappa shape index (κ1) is 16.3. The molecule has 3 amide bonds. The van der Waals surface area contributed by atoms with Crippen molar-refractivity contribution >= 4 is 23.4 Å². The van der Waals surface area contributed by atoms with E-state index in [9.17, 15) is 14.4 Å². The van der Waals surface area contributed by atoms with Crippen molar-refractivity contribution < 1.29 is 19.7 Å². The highest BCUT2D eigenvalue weighted by Gasteiger charge is 2.74. The predicted molar refractivity (Wildman–Crippen MR) is 91.5 cm³/mol. The highest BCUT2D eigenvalue weighted by molar-refractivity contribution is 6.14. The summed E-state index contributed by atoms with van der Waals surface area (Å²) in [5.74, 6) is -1.12. The zero-order valence-corrected chi connectivity index (χ0v) is 15.0. The van der Waals surface area contributed by atoms with Gasteiger partial charge in [-0.15, -0.1) is 0 Å². The summed E-state index contributed by atoms with van der Waals surface area (Å²) in [5, 5.41) is 2.02. The van der Waals surface area contributed by atoms with Gasteiger partial charge in [0.05, 0.1) is 5.69 Å². The topological polar surface area (TPSA) is 74.3 Å². The molecule has 3 heterocycles. The van der Waals surface area contributed by atoms with Crippen LogP contribution in [-0.2, 0) is 19.9 Å². The number of nitrogens with two attached hydrogens (primary N) is 1. The first-order valence-corrected chi connectivity index (χ1v) is 8.85. The summed E-state index contributed by atoms with van der Waals surface area (Å²) in [6, 6.07) is 7.57. The van der Waals surface area contributed by atoms with E-state index < -0.39 is 17.4 Å². The number of benzene rings is 1. The monoisotopic (exact) mass is 342 g/mol. The van der Waals surface area contributed by atoms with Crippen molar-refractivity contribution in [2.45, 2.75) is 31.8 Å². The Labute approximate surface area is 147 Å². The molecule has 0 bridgehead atoms. The van der Waals surface area contributed by atoms with E-state index in [2.05, 4.69) is 13.8 Å². The second kappa shape index (κ2) is 5.14. The van der Waals surface area contributed by atoms with Crippen LogP contribution in [0.1, 0.15) is 25.8 Å². The lowest BCUT2D eigenvalue weighted by Crippen LogP contribution is -2.99. The molecule has 4 rings (SSSR count). The Morgan fingerprint density at radius 2 is 1.76 bits per heavy atom. The number of carbonyl (C=O) groups excluding carboxylic acids is 3. The number of likely N-dealkylation sites (N-methyl/N-ethyl adjacent to an activating group) is 1. The van der Waals surface area contributed by atoms with Crippen molar-refractivity contribution in [3.05, 3.63) is 29.8 Å². The minimum atomic E-state index is -1.01. The number of rotatable bonds is 2. The molecule has 0 aliphatic carbocycles. The maximum absolute atomic E-state index is 13.3. The maximum Gasteiger partial charge on any atom is 0.293 e. The second-order valence-corrected chi connectivity index (χ2v) is 7.95. The zero-order chi connectivity index (χ0) is 18.1. The largest absolute Gasteiger partial charge is 0.326 e. The number of carbonyl (C=O) groups is 3. The molecule has 25 heavy (non-hydrogen) atoms. The Bertz CT molecular complexity index is 790. The van der Waals surface area contributed by atoms with E-state index in [4.69, 9.17) is 0 Å². The van der Waals surface area contributed by atoms with Crippen molar-refractivity contribution in [1.29, 1.82) is 0 Å². The highest BCUT2D eigenvalue weighted by Crippen LogP contribution is 2.50. The molecule has 1 aromatic carbocycles. The first-order chi connectivity index (χ1) is 11.8. The van der Waals surface area contributed by atoms with Crippen LogP contribution in [0, 0.1) is 17.8 Å². The lowest BCUT2D eigenvalue weighted by atomic mass is 9.76. The van der Waals surface area contributed by atoms with Crippen LogP contribution in [-0.4, -0.2) is 42.8 Å². The van der Waals surface area contributed by atoms with E-state index in [-0.39, 0.29) is 23.8 Å². The van der Waals surface area contributed by atoms with E-state index in [0.717, 1.165) is 17.7 Å². The Morgan fingerprint density at radius 3 is 2.44 bits per heavy atom. The fourth-order valence-electron chi connectivity index (χ4n) is 5.13.